The van der Waals surface area contributed by atoms with Gasteiger partial charge in [-0.2, -0.15) is 0 Å². The first kappa shape index (κ1) is 16.6. The first-order valence-electron chi connectivity index (χ1n) is 6.32. The third-order valence-corrected chi connectivity index (χ3v) is 2.83. The van der Waals surface area contributed by atoms with Crippen LogP contribution >= 0.6 is 0 Å². The topological polar surface area (TPSA) is 67.9 Å². The van der Waals surface area contributed by atoms with Crippen molar-refractivity contribution < 1.29 is 19.1 Å². The first-order chi connectivity index (χ1) is 9.88. The highest BCUT2D eigenvalue weighted by Gasteiger charge is 2.13. The Morgan fingerprint density at radius 3 is 2.33 bits per heavy atom. The molecule has 0 saturated carbocycles. The zero-order chi connectivity index (χ0) is 16.0. The van der Waals surface area contributed by atoms with Gasteiger partial charge in [-0.3, -0.25) is 0 Å². The highest BCUT2D eigenvalue weighted by atomic mass is 16.5. The Kier molecular flexibility index (Phi) is 5.78. The van der Waals surface area contributed by atoms with Crippen LogP contribution in [-0.4, -0.2) is 40.3 Å². The van der Waals surface area contributed by atoms with Gasteiger partial charge in [-0.25, -0.2) is 9.59 Å². The molecule has 1 aromatic carbocycles. The third-order valence-electron chi connectivity index (χ3n) is 2.83. The Labute approximate surface area is 124 Å². The van der Waals surface area contributed by atoms with Crippen LogP contribution in [0.1, 0.15) is 5.56 Å². The zero-order valence-electron chi connectivity index (χ0n) is 12.9. The number of aryl methyl sites for hydroxylation is 1. The summed E-state index contributed by atoms with van der Waals surface area (Å²) < 4.78 is 9.15. The van der Waals surface area contributed by atoms with Crippen molar-refractivity contribution in [2.24, 2.45) is 0 Å². The summed E-state index contributed by atoms with van der Waals surface area (Å²) in [4.78, 5) is 24.9. The summed E-state index contributed by atoms with van der Waals surface area (Å²) in [6, 6.07) is 5.62. The minimum atomic E-state index is -0.644. The number of methoxy groups -OCH3 is 2. The van der Waals surface area contributed by atoms with Crippen molar-refractivity contribution in [3.63, 3.8) is 0 Å². The van der Waals surface area contributed by atoms with Crippen molar-refractivity contribution in [3.05, 3.63) is 35.5 Å². The van der Waals surface area contributed by atoms with Crippen molar-refractivity contribution >= 4 is 23.3 Å². The Bertz CT molecular complexity index is 565. The van der Waals surface area contributed by atoms with Crippen molar-refractivity contribution in [1.82, 2.24) is 0 Å². The monoisotopic (exact) mass is 292 g/mol. The number of rotatable bonds is 5. The van der Waals surface area contributed by atoms with Crippen molar-refractivity contribution in [1.29, 1.82) is 0 Å². The summed E-state index contributed by atoms with van der Waals surface area (Å²) in [5.41, 5.74) is 2.80. The fourth-order valence-electron chi connectivity index (χ4n) is 1.82. The molecular formula is C15H20N2O4. The second-order valence-corrected chi connectivity index (χ2v) is 4.59. The van der Waals surface area contributed by atoms with Gasteiger partial charge in [0.15, 0.2) is 0 Å². The average molecular weight is 292 g/mol. The second-order valence-electron chi connectivity index (χ2n) is 4.59. The zero-order valence-corrected chi connectivity index (χ0v) is 12.9. The molecule has 0 radical (unpaired) electrons. The van der Waals surface area contributed by atoms with Crippen LogP contribution < -0.4 is 10.2 Å². The van der Waals surface area contributed by atoms with Crippen LogP contribution in [0.2, 0.25) is 0 Å². The largest absolute Gasteiger partial charge is 0.466 e. The number of nitrogens with one attached hydrogen (secondary N) is 1. The summed E-state index contributed by atoms with van der Waals surface area (Å²) in [7, 11) is 6.39. The second kappa shape index (κ2) is 7.33. The van der Waals surface area contributed by atoms with Gasteiger partial charge in [0.05, 0.1) is 20.3 Å². The fourth-order valence-corrected chi connectivity index (χ4v) is 1.82. The summed E-state index contributed by atoms with van der Waals surface area (Å²) in [6.07, 6.45) is 1.06. The van der Waals surface area contributed by atoms with Gasteiger partial charge in [-0.05, 0) is 30.7 Å². The molecule has 0 unspecified atom stereocenters. The van der Waals surface area contributed by atoms with Crippen molar-refractivity contribution in [3.8, 4) is 0 Å². The quantitative estimate of drug-likeness (QED) is 0.658. The maximum Gasteiger partial charge on any atom is 0.354 e. The van der Waals surface area contributed by atoms with Crippen LogP contribution in [0.25, 0.3) is 0 Å². The number of ether oxygens (including phenoxy) is 2. The number of hydrogen-bond acceptors (Lipinski definition) is 6. The van der Waals surface area contributed by atoms with Gasteiger partial charge < -0.3 is 19.7 Å². The maximum absolute atomic E-state index is 11.7. The highest BCUT2D eigenvalue weighted by Crippen LogP contribution is 2.22. The molecule has 6 heteroatoms. The van der Waals surface area contributed by atoms with E-state index in [-0.39, 0.29) is 5.70 Å². The minimum absolute atomic E-state index is 0.0151. The summed E-state index contributed by atoms with van der Waals surface area (Å²) >= 11 is 0. The minimum Gasteiger partial charge on any atom is -0.466 e. The van der Waals surface area contributed by atoms with E-state index < -0.39 is 11.9 Å². The number of carbonyl (C=O) groups is 2. The molecule has 1 rings (SSSR count). The highest BCUT2D eigenvalue weighted by molar-refractivity contribution is 5.98. The molecule has 6 nitrogen and oxygen atoms in total. The number of carbonyl (C=O) groups excluding carboxylic acids is 2. The van der Waals surface area contributed by atoms with E-state index >= 15 is 0 Å². The van der Waals surface area contributed by atoms with E-state index in [2.05, 4.69) is 14.8 Å². The average Bonchev–Trinajstić information content (AvgIpc) is 2.45. The first-order valence-corrected chi connectivity index (χ1v) is 6.32. The molecule has 0 bridgehead atoms. The fraction of sp³-hybridized carbons (Fsp3) is 0.333. The Balaban J connectivity index is 3.04. The van der Waals surface area contributed by atoms with Gasteiger partial charge in [-0.1, -0.05) is 0 Å². The van der Waals surface area contributed by atoms with Gasteiger partial charge in [0.1, 0.15) is 5.70 Å². The van der Waals surface area contributed by atoms with Crippen LogP contribution in [0.4, 0.5) is 11.4 Å². The molecule has 1 aromatic rings. The molecule has 0 amide bonds. The standard InChI is InChI=1S/C15H20N2O4/c1-10-8-11(6-7-13(10)17(2)3)16-12(15(19)21-5)9-14(18)20-4/h6-9,16H,1-5H3/b12-9+. The maximum atomic E-state index is 11.7. The molecule has 21 heavy (non-hydrogen) atoms. The number of hydrogen-bond donors (Lipinski definition) is 1. The number of nitrogens with zero attached hydrogens (tertiary/aromatic N) is 1. The van der Waals surface area contributed by atoms with Gasteiger partial charge in [0.2, 0.25) is 0 Å². The molecular weight excluding hydrogens is 272 g/mol. The number of esters is 2. The third kappa shape index (κ3) is 4.52. The molecule has 0 saturated heterocycles. The van der Waals surface area contributed by atoms with E-state index in [1.807, 2.05) is 44.1 Å². The lowest BCUT2D eigenvalue weighted by Crippen LogP contribution is -2.16. The summed E-state index contributed by atoms with van der Waals surface area (Å²) in [5.74, 6) is -1.28. The normalized spacial score (nSPS) is 10.8. The Morgan fingerprint density at radius 1 is 1.19 bits per heavy atom. The molecule has 0 fully saturated rings. The van der Waals surface area contributed by atoms with Crippen LogP contribution in [0.3, 0.4) is 0 Å². The van der Waals surface area contributed by atoms with Crippen molar-refractivity contribution in [2.45, 2.75) is 6.92 Å². The summed E-state index contributed by atoms with van der Waals surface area (Å²) in [6.45, 7) is 1.96. The van der Waals surface area contributed by atoms with E-state index in [1.54, 1.807) is 0 Å². The van der Waals surface area contributed by atoms with Gasteiger partial charge in [0.25, 0.3) is 0 Å². The molecule has 0 aliphatic rings. The molecule has 0 spiro atoms. The van der Waals surface area contributed by atoms with Gasteiger partial charge in [-0.15, -0.1) is 0 Å². The van der Waals surface area contributed by atoms with E-state index in [0.29, 0.717) is 5.69 Å². The van der Waals surface area contributed by atoms with Crippen LogP contribution in [-0.2, 0) is 19.1 Å². The molecule has 0 atom stereocenters. The molecule has 0 aliphatic carbocycles. The van der Waals surface area contributed by atoms with Crippen LogP contribution in [0.5, 0.6) is 0 Å². The SMILES string of the molecule is COC(=O)/C=C(/Nc1ccc(N(C)C)c(C)c1)C(=O)OC. The molecule has 0 aliphatic heterocycles. The Hall–Kier alpha value is -2.50. The van der Waals surface area contributed by atoms with E-state index in [1.165, 1.54) is 14.2 Å². The predicted octanol–water partition coefficient (Wildman–Crippen LogP) is 1.70. The van der Waals surface area contributed by atoms with Gasteiger partial charge >= 0.3 is 11.9 Å². The van der Waals surface area contributed by atoms with Crippen LogP contribution in [0.15, 0.2) is 30.0 Å². The Morgan fingerprint density at radius 2 is 1.86 bits per heavy atom. The lowest BCUT2D eigenvalue weighted by molar-refractivity contribution is -0.138. The van der Waals surface area contributed by atoms with E-state index in [4.69, 9.17) is 0 Å². The lowest BCUT2D eigenvalue weighted by atomic mass is 10.1. The summed E-state index contributed by atoms with van der Waals surface area (Å²) in [5, 5.41) is 2.87. The molecule has 0 aromatic heterocycles. The molecule has 0 heterocycles. The smallest absolute Gasteiger partial charge is 0.354 e. The molecule has 114 valence electrons. The number of benzene rings is 1. The predicted molar refractivity (Wildman–Crippen MR) is 81.2 cm³/mol. The number of anilines is 2. The lowest BCUT2D eigenvalue weighted by Gasteiger charge is -2.17. The van der Waals surface area contributed by atoms with Crippen LogP contribution in [0, 0.1) is 6.92 Å². The van der Waals surface area contributed by atoms with E-state index in [9.17, 15) is 9.59 Å². The van der Waals surface area contributed by atoms with E-state index in [0.717, 1.165) is 17.3 Å². The molecule has 1 N–H and O–H groups in total. The van der Waals surface area contributed by atoms with Crippen molar-refractivity contribution in [2.75, 3.05) is 38.5 Å². The van der Waals surface area contributed by atoms with Gasteiger partial charge in [0, 0.05) is 25.5 Å².